The second-order valence-electron chi connectivity index (χ2n) is 18.0. The first kappa shape index (κ1) is 46.1. The normalized spacial score (nSPS) is 11.2. The molecular formula is C67H46IrN3O. The van der Waals surface area contributed by atoms with Gasteiger partial charge in [-0.25, -0.2) is 0 Å². The number of aromatic nitrogens is 3. The Balaban J connectivity index is 0.00000560. The third-order valence-corrected chi connectivity index (χ3v) is 13.4. The van der Waals surface area contributed by atoms with Crippen molar-refractivity contribution in [2.75, 3.05) is 0 Å². The molecule has 5 heteroatoms. The molecule has 0 aliphatic rings. The molecule has 0 N–H and O–H groups in total. The first-order chi connectivity index (χ1) is 35.1. The van der Waals surface area contributed by atoms with Gasteiger partial charge in [-0.2, -0.15) is 0 Å². The van der Waals surface area contributed by atoms with Crippen molar-refractivity contribution in [1.82, 2.24) is 15.0 Å². The molecule has 0 aliphatic carbocycles. The molecule has 0 bridgehead atoms. The first-order valence-corrected chi connectivity index (χ1v) is 24.2. The van der Waals surface area contributed by atoms with Crippen LogP contribution in [0.25, 0.3) is 100 Å². The van der Waals surface area contributed by atoms with Crippen LogP contribution < -0.4 is 0 Å². The van der Waals surface area contributed by atoms with Gasteiger partial charge in [0.25, 0.3) is 0 Å². The fraction of sp³-hybridized carbons (Fsp3) is 0.0597. The van der Waals surface area contributed by atoms with E-state index in [2.05, 4.69) is 180 Å². The van der Waals surface area contributed by atoms with E-state index in [4.69, 9.17) is 9.40 Å². The van der Waals surface area contributed by atoms with Crippen LogP contribution in [0.4, 0.5) is 0 Å². The number of aryl methyl sites for hydroxylation is 4. The van der Waals surface area contributed by atoms with Gasteiger partial charge in [0, 0.05) is 29.4 Å². The van der Waals surface area contributed by atoms with E-state index in [0.717, 1.165) is 104 Å². The van der Waals surface area contributed by atoms with E-state index >= 15 is 0 Å². The Labute approximate surface area is 434 Å². The molecule has 0 atom stereocenters. The summed E-state index contributed by atoms with van der Waals surface area (Å²) in [4.78, 5) is 14.1. The summed E-state index contributed by atoms with van der Waals surface area (Å²) in [5.41, 5.74) is 21.5. The summed E-state index contributed by atoms with van der Waals surface area (Å²) in [5.74, 6) is 0. The maximum Gasteiger partial charge on any atom is 3.00 e. The van der Waals surface area contributed by atoms with Gasteiger partial charge in [-0.1, -0.05) is 169 Å². The van der Waals surface area contributed by atoms with Gasteiger partial charge in [0.15, 0.2) is 0 Å². The second-order valence-corrected chi connectivity index (χ2v) is 18.0. The molecular weight excluding hydrogens is 1050 g/mol. The van der Waals surface area contributed by atoms with Crippen molar-refractivity contribution < 1.29 is 24.5 Å². The molecule has 0 amide bonds. The molecule has 0 saturated carbocycles. The molecule has 8 aromatic carbocycles. The summed E-state index contributed by atoms with van der Waals surface area (Å²) >= 11 is 0. The molecule has 0 aliphatic heterocycles. The van der Waals surface area contributed by atoms with Crippen LogP contribution >= 0.6 is 0 Å². The van der Waals surface area contributed by atoms with Crippen molar-refractivity contribution in [3.8, 4) is 78.3 Å². The Hall–Kier alpha value is -8.34. The molecule has 12 rings (SSSR count). The standard InChI is InChI=1S/C67H46N3O.Ir/c1-2-12-50(13-3-1)51-32-34-52(35-33-51)61-43-55(65-44-67-62(45-70-65)60-16-6-7-19-66(60)71-67)36-37-59(61)58-15-5-4-14-57(58)56-41-48(22-20-46-24-28-53(29-25-46)63-17-8-10-38-68-63)40-49(42-56)23-21-47-26-30-54(31-27-47)64-18-9-11-39-69-64;/h1-19,24-28,30,32-35,37-45H,20-23H2;/q-3;+3. The number of pyridine rings is 3. The van der Waals surface area contributed by atoms with Crippen LogP contribution in [0, 0.1) is 18.2 Å². The zero-order valence-corrected chi connectivity index (χ0v) is 41.7. The molecule has 4 heterocycles. The third-order valence-electron chi connectivity index (χ3n) is 13.4. The molecule has 4 aromatic heterocycles. The minimum Gasteiger partial charge on any atom is -0.457 e. The molecule has 0 radical (unpaired) electrons. The maximum atomic E-state index is 6.33. The van der Waals surface area contributed by atoms with E-state index < -0.39 is 0 Å². The fourth-order valence-corrected chi connectivity index (χ4v) is 9.68. The van der Waals surface area contributed by atoms with Crippen molar-refractivity contribution in [3.05, 3.63) is 271 Å². The van der Waals surface area contributed by atoms with Crippen LogP contribution in [-0.2, 0) is 45.8 Å². The summed E-state index contributed by atoms with van der Waals surface area (Å²) in [7, 11) is 0. The van der Waals surface area contributed by atoms with Crippen molar-refractivity contribution in [3.63, 3.8) is 0 Å². The van der Waals surface area contributed by atoms with Crippen LogP contribution in [0.1, 0.15) is 22.3 Å². The molecule has 4 nitrogen and oxygen atoms in total. The van der Waals surface area contributed by atoms with E-state index in [9.17, 15) is 0 Å². The summed E-state index contributed by atoms with van der Waals surface area (Å²) in [6, 6.07) is 85.6. The first-order valence-electron chi connectivity index (χ1n) is 24.2. The minimum atomic E-state index is 0. The smallest absolute Gasteiger partial charge is 0.457 e. The van der Waals surface area contributed by atoms with Gasteiger partial charge in [0.05, 0.1) is 0 Å². The van der Waals surface area contributed by atoms with E-state index in [1.807, 2.05) is 79.3 Å². The fourth-order valence-electron chi connectivity index (χ4n) is 9.68. The number of hydrogen-bond donors (Lipinski definition) is 0. The Morgan fingerprint density at radius 2 is 0.903 bits per heavy atom. The zero-order valence-electron chi connectivity index (χ0n) is 39.4. The van der Waals surface area contributed by atoms with E-state index in [-0.39, 0.29) is 20.1 Å². The average molecular weight is 1100 g/mol. The minimum absolute atomic E-state index is 0. The largest absolute Gasteiger partial charge is 3.00 e. The van der Waals surface area contributed by atoms with E-state index in [0.29, 0.717) is 0 Å². The monoisotopic (exact) mass is 1100 g/mol. The number of furan rings is 1. The number of nitrogens with zero attached hydrogens (tertiary/aromatic N) is 3. The van der Waals surface area contributed by atoms with Crippen LogP contribution in [0.2, 0.25) is 0 Å². The van der Waals surface area contributed by atoms with Gasteiger partial charge >= 0.3 is 20.1 Å². The molecule has 0 saturated heterocycles. The van der Waals surface area contributed by atoms with Crippen molar-refractivity contribution >= 4 is 21.9 Å². The second kappa shape index (κ2) is 20.9. The molecule has 72 heavy (non-hydrogen) atoms. The van der Waals surface area contributed by atoms with Gasteiger partial charge in [0.1, 0.15) is 11.2 Å². The molecule has 12 aromatic rings. The predicted octanol–water partition coefficient (Wildman–Crippen LogP) is 16.4. The van der Waals surface area contributed by atoms with Crippen molar-refractivity contribution in [2.24, 2.45) is 0 Å². The van der Waals surface area contributed by atoms with Gasteiger partial charge in [0.2, 0.25) is 0 Å². The van der Waals surface area contributed by atoms with E-state index in [1.165, 1.54) is 44.5 Å². The van der Waals surface area contributed by atoms with Crippen LogP contribution in [-0.4, -0.2) is 15.0 Å². The van der Waals surface area contributed by atoms with Crippen molar-refractivity contribution in [1.29, 1.82) is 0 Å². The number of fused-ring (bicyclic) bond motifs is 3. The zero-order chi connectivity index (χ0) is 47.3. The summed E-state index contributed by atoms with van der Waals surface area (Å²) in [6.45, 7) is 0. The number of rotatable bonds is 13. The molecule has 344 valence electrons. The van der Waals surface area contributed by atoms with Crippen LogP contribution in [0.15, 0.2) is 235 Å². The number of para-hydroxylation sites is 1. The Morgan fingerprint density at radius 1 is 0.333 bits per heavy atom. The van der Waals surface area contributed by atoms with Gasteiger partial charge in [-0.05, 0) is 93.1 Å². The Morgan fingerprint density at radius 3 is 1.54 bits per heavy atom. The quantitative estimate of drug-likeness (QED) is 0.108. The number of hydrogen-bond acceptors (Lipinski definition) is 4. The Bertz CT molecular complexity index is 3670. The molecule has 0 fully saturated rings. The average Bonchev–Trinajstić information content (AvgIpc) is 3.83. The van der Waals surface area contributed by atoms with Crippen LogP contribution in [0.5, 0.6) is 0 Å². The summed E-state index contributed by atoms with van der Waals surface area (Å²) in [5, 5.41) is 2.06. The predicted molar refractivity (Wildman–Crippen MR) is 289 cm³/mol. The molecule has 0 unspecified atom stereocenters. The summed E-state index contributed by atoms with van der Waals surface area (Å²) < 4.78 is 6.33. The van der Waals surface area contributed by atoms with Crippen molar-refractivity contribution in [2.45, 2.75) is 25.7 Å². The van der Waals surface area contributed by atoms with E-state index in [1.54, 1.807) is 0 Å². The maximum absolute atomic E-state index is 6.33. The SMILES string of the molecule is [Ir+3].[c-]1cc(CCc2cc(CCc3c[c-]c(-c4ccccn4)cc3)cc(-c3ccccc3-c3c[c-]c(-c4cc5oc6ccccc6c5cn4)cc3-c3ccc(-c4ccccc4)cc3)c2)ccc1-c1ccccn1. The van der Waals surface area contributed by atoms with Gasteiger partial charge in [-0.15, -0.1) is 94.5 Å². The van der Waals surface area contributed by atoms with Gasteiger partial charge < -0.3 is 19.4 Å². The topological polar surface area (TPSA) is 51.8 Å². The van der Waals surface area contributed by atoms with Crippen LogP contribution in [0.3, 0.4) is 0 Å². The molecule has 0 spiro atoms. The third kappa shape index (κ3) is 9.86. The Kier molecular flexibility index (Phi) is 13.4. The number of benzene rings is 8. The van der Waals surface area contributed by atoms with Gasteiger partial charge in [-0.3, -0.25) is 0 Å². The summed E-state index contributed by atoms with van der Waals surface area (Å²) in [6.07, 6.45) is 9.13.